The summed E-state index contributed by atoms with van der Waals surface area (Å²) in [5.41, 5.74) is 7.68. The van der Waals surface area contributed by atoms with Crippen LogP contribution in [-0.2, 0) is 0 Å². The van der Waals surface area contributed by atoms with Gasteiger partial charge in [0.15, 0.2) is 0 Å². The average molecular weight is 174 g/mol. The first-order chi connectivity index (χ1) is 5.25. The molecule has 1 unspecified atom stereocenters. The third-order valence-electron chi connectivity index (χ3n) is 1.49. The van der Waals surface area contributed by atoms with Crippen LogP contribution in [0.3, 0.4) is 0 Å². The van der Waals surface area contributed by atoms with Crippen LogP contribution in [0.15, 0.2) is 5.51 Å². The molecule has 11 heavy (non-hydrogen) atoms. The maximum absolute atomic E-state index is 13.1. The number of hydrogen-bond acceptors (Lipinski definition) is 3. The predicted molar refractivity (Wildman–Crippen MR) is 44.4 cm³/mol. The van der Waals surface area contributed by atoms with E-state index in [1.807, 2.05) is 6.92 Å². The molecule has 0 saturated heterocycles. The third-order valence-corrected chi connectivity index (χ3v) is 2.50. The molecule has 4 heteroatoms. The summed E-state index contributed by atoms with van der Waals surface area (Å²) < 4.78 is 13.1. The normalized spacial score (nSPS) is 13.4. The van der Waals surface area contributed by atoms with Gasteiger partial charge in [-0.05, 0) is 19.9 Å². The second-order valence-electron chi connectivity index (χ2n) is 2.35. The Morgan fingerprint density at radius 1 is 1.82 bits per heavy atom. The lowest BCUT2D eigenvalue weighted by Crippen LogP contribution is -2.03. The number of nitrogens with two attached hydrogens (primary N) is 1. The molecule has 62 valence electrons. The molecule has 0 bridgehead atoms. The van der Waals surface area contributed by atoms with Crippen molar-refractivity contribution in [3.8, 4) is 0 Å². The maximum Gasteiger partial charge on any atom is 0.137 e. The first kappa shape index (κ1) is 8.62. The van der Waals surface area contributed by atoms with E-state index in [1.165, 1.54) is 11.3 Å². The summed E-state index contributed by atoms with van der Waals surface area (Å²) in [6.45, 7) is 2.20. The van der Waals surface area contributed by atoms with Crippen molar-refractivity contribution < 1.29 is 4.39 Å². The van der Waals surface area contributed by atoms with E-state index in [-0.39, 0.29) is 0 Å². The first-order valence-corrected chi connectivity index (χ1v) is 4.37. The quantitative estimate of drug-likeness (QED) is 0.759. The average Bonchev–Trinajstić information content (AvgIpc) is 2.36. The molecule has 0 aliphatic carbocycles. The van der Waals surface area contributed by atoms with Gasteiger partial charge in [0.1, 0.15) is 6.17 Å². The van der Waals surface area contributed by atoms with Crippen molar-refractivity contribution in [1.29, 1.82) is 0 Å². The monoisotopic (exact) mass is 174 g/mol. The summed E-state index contributed by atoms with van der Waals surface area (Å²) in [5.74, 6) is 0. The lowest BCUT2D eigenvalue weighted by Gasteiger charge is -2.03. The Hall–Kier alpha value is -0.480. The molecule has 0 saturated carbocycles. The Balaban J connectivity index is 2.67. The number of hydrogen-bond donors (Lipinski definition) is 1. The molecule has 1 atom stereocenters. The fraction of sp³-hybridized carbons (Fsp3) is 0.571. The molecule has 2 nitrogen and oxygen atoms in total. The molecule has 0 aromatic carbocycles. The Bertz CT molecular complexity index is 224. The van der Waals surface area contributed by atoms with Gasteiger partial charge < -0.3 is 5.73 Å². The zero-order valence-electron chi connectivity index (χ0n) is 6.38. The zero-order chi connectivity index (χ0) is 8.27. The van der Waals surface area contributed by atoms with E-state index in [0.717, 1.165) is 10.6 Å². The highest BCUT2D eigenvalue weighted by atomic mass is 32.1. The largest absolute Gasteiger partial charge is 0.330 e. The Labute approximate surface area is 69.3 Å². The van der Waals surface area contributed by atoms with E-state index in [1.54, 1.807) is 5.51 Å². The fourth-order valence-electron chi connectivity index (χ4n) is 0.889. The lowest BCUT2D eigenvalue weighted by molar-refractivity contribution is 0.331. The summed E-state index contributed by atoms with van der Waals surface area (Å²) in [6.07, 6.45) is -0.532. The van der Waals surface area contributed by atoms with Gasteiger partial charge in [-0.1, -0.05) is 0 Å². The third kappa shape index (κ3) is 1.97. The van der Waals surface area contributed by atoms with Crippen LogP contribution in [-0.4, -0.2) is 11.5 Å². The van der Waals surface area contributed by atoms with Gasteiger partial charge in [-0.2, -0.15) is 0 Å². The van der Waals surface area contributed by atoms with Crippen LogP contribution in [0.4, 0.5) is 4.39 Å². The van der Waals surface area contributed by atoms with Crippen molar-refractivity contribution in [2.24, 2.45) is 5.73 Å². The molecule has 0 fully saturated rings. The zero-order valence-corrected chi connectivity index (χ0v) is 7.20. The molecule has 1 rings (SSSR count). The summed E-state index contributed by atoms with van der Waals surface area (Å²) in [6, 6.07) is 0. The smallest absolute Gasteiger partial charge is 0.137 e. The van der Waals surface area contributed by atoms with Crippen LogP contribution in [0.2, 0.25) is 0 Å². The number of alkyl halides is 1. The van der Waals surface area contributed by atoms with Gasteiger partial charge in [-0.25, -0.2) is 9.37 Å². The fourth-order valence-corrected chi connectivity index (χ4v) is 1.70. The van der Waals surface area contributed by atoms with Crippen LogP contribution in [0.25, 0.3) is 0 Å². The van der Waals surface area contributed by atoms with Crippen LogP contribution < -0.4 is 5.73 Å². The molecule has 2 N–H and O–H groups in total. The van der Waals surface area contributed by atoms with Crippen molar-refractivity contribution in [1.82, 2.24) is 4.98 Å². The lowest BCUT2D eigenvalue weighted by atomic mass is 10.2. The summed E-state index contributed by atoms with van der Waals surface area (Å²) in [4.78, 5) is 4.68. The topological polar surface area (TPSA) is 38.9 Å². The predicted octanol–water partition coefficient (Wildman–Crippen LogP) is 1.81. The molecule has 0 radical (unpaired) electrons. The van der Waals surface area contributed by atoms with Gasteiger partial charge in [0.25, 0.3) is 0 Å². The first-order valence-electron chi connectivity index (χ1n) is 3.50. The maximum atomic E-state index is 13.1. The molecule has 0 spiro atoms. The van der Waals surface area contributed by atoms with Crippen LogP contribution in [0, 0.1) is 6.92 Å². The molecule has 1 heterocycles. The van der Waals surface area contributed by atoms with Gasteiger partial charge in [-0.15, -0.1) is 11.3 Å². The molecule has 0 amide bonds. The number of aryl methyl sites for hydroxylation is 1. The Morgan fingerprint density at radius 2 is 2.55 bits per heavy atom. The van der Waals surface area contributed by atoms with Gasteiger partial charge in [0, 0.05) is 0 Å². The van der Waals surface area contributed by atoms with Crippen molar-refractivity contribution in [2.75, 3.05) is 6.54 Å². The van der Waals surface area contributed by atoms with E-state index >= 15 is 0 Å². The van der Waals surface area contributed by atoms with Gasteiger partial charge in [0.05, 0.1) is 16.1 Å². The minimum absolute atomic E-state index is 0.387. The van der Waals surface area contributed by atoms with Crippen molar-refractivity contribution in [3.05, 3.63) is 16.1 Å². The van der Waals surface area contributed by atoms with Crippen LogP contribution in [0.5, 0.6) is 0 Å². The number of thiazole rings is 1. The number of rotatable bonds is 3. The SMILES string of the molecule is Cc1ncsc1C(F)CCN. The second kappa shape index (κ2) is 3.78. The van der Waals surface area contributed by atoms with Gasteiger partial charge in [-0.3, -0.25) is 0 Å². The van der Waals surface area contributed by atoms with Gasteiger partial charge in [0.2, 0.25) is 0 Å². The highest BCUT2D eigenvalue weighted by Gasteiger charge is 2.13. The van der Waals surface area contributed by atoms with E-state index in [0.29, 0.717) is 13.0 Å². The van der Waals surface area contributed by atoms with E-state index < -0.39 is 6.17 Å². The van der Waals surface area contributed by atoms with Crippen molar-refractivity contribution >= 4 is 11.3 Å². The van der Waals surface area contributed by atoms with Gasteiger partial charge >= 0.3 is 0 Å². The molecular formula is C7H11FN2S. The van der Waals surface area contributed by atoms with Crippen LogP contribution in [0.1, 0.15) is 23.2 Å². The summed E-state index contributed by atoms with van der Waals surface area (Å²) in [5, 5.41) is 0. The van der Waals surface area contributed by atoms with E-state index in [2.05, 4.69) is 4.98 Å². The molecule has 0 aliphatic rings. The minimum atomic E-state index is -0.924. The minimum Gasteiger partial charge on any atom is -0.330 e. The van der Waals surface area contributed by atoms with Crippen LogP contribution >= 0.6 is 11.3 Å². The highest BCUT2D eigenvalue weighted by Crippen LogP contribution is 2.26. The molecule has 1 aromatic heterocycles. The van der Waals surface area contributed by atoms with E-state index in [4.69, 9.17) is 5.73 Å². The molecular weight excluding hydrogens is 163 g/mol. The molecule has 0 aliphatic heterocycles. The highest BCUT2D eigenvalue weighted by molar-refractivity contribution is 7.09. The van der Waals surface area contributed by atoms with Crippen molar-refractivity contribution in [2.45, 2.75) is 19.5 Å². The summed E-state index contributed by atoms with van der Waals surface area (Å²) >= 11 is 1.36. The number of aromatic nitrogens is 1. The number of halogens is 1. The summed E-state index contributed by atoms with van der Waals surface area (Å²) in [7, 11) is 0. The Morgan fingerprint density at radius 3 is 3.00 bits per heavy atom. The standard InChI is InChI=1S/C7H11FN2S/c1-5-7(11-4-10-5)6(8)2-3-9/h4,6H,2-3,9H2,1H3. The number of nitrogens with zero attached hydrogens (tertiary/aromatic N) is 1. The van der Waals surface area contributed by atoms with Crippen molar-refractivity contribution in [3.63, 3.8) is 0 Å². The van der Waals surface area contributed by atoms with E-state index in [9.17, 15) is 4.39 Å². The Kier molecular flexibility index (Phi) is 2.96. The second-order valence-corrected chi connectivity index (χ2v) is 3.23. The molecule has 1 aromatic rings.